The fourth-order valence-electron chi connectivity index (χ4n) is 2.34. The average Bonchev–Trinajstić information content (AvgIpc) is 2.47. The Hall–Kier alpha value is -1.71. The summed E-state index contributed by atoms with van der Waals surface area (Å²) in [5.74, 6) is 1.39. The van der Waals surface area contributed by atoms with Crippen LogP contribution in [0.1, 0.15) is 22.8 Å². The van der Waals surface area contributed by atoms with Crippen LogP contribution in [-0.2, 0) is 6.42 Å². The van der Waals surface area contributed by atoms with Crippen molar-refractivity contribution in [1.82, 2.24) is 0 Å². The van der Waals surface area contributed by atoms with E-state index in [1.807, 2.05) is 31.2 Å². The van der Waals surface area contributed by atoms with Crippen LogP contribution in [0.3, 0.4) is 0 Å². The lowest BCUT2D eigenvalue weighted by molar-refractivity contribution is 0.173. The maximum Gasteiger partial charge on any atom is 0.124 e. The van der Waals surface area contributed by atoms with Crippen LogP contribution in [-0.4, -0.2) is 19.3 Å². The van der Waals surface area contributed by atoms with Crippen molar-refractivity contribution < 1.29 is 14.6 Å². The molecule has 2 aromatic carbocycles. The van der Waals surface area contributed by atoms with Gasteiger partial charge in [-0.25, -0.2) is 0 Å². The molecular weight excluding hydrogens is 288 g/mol. The second-order valence-electron chi connectivity index (χ2n) is 4.92. The Labute approximate surface area is 130 Å². The smallest absolute Gasteiger partial charge is 0.124 e. The summed E-state index contributed by atoms with van der Waals surface area (Å²) < 4.78 is 10.6. The maximum absolute atomic E-state index is 10.5. The highest BCUT2D eigenvalue weighted by molar-refractivity contribution is 6.30. The fraction of sp³-hybridized carbons (Fsp3) is 0.294. The van der Waals surface area contributed by atoms with Gasteiger partial charge in [0.05, 0.1) is 20.3 Å². The van der Waals surface area contributed by atoms with Gasteiger partial charge in [-0.05, 0) is 42.8 Å². The van der Waals surface area contributed by atoms with Crippen LogP contribution in [0.15, 0.2) is 36.4 Å². The Morgan fingerprint density at radius 1 is 1.05 bits per heavy atom. The van der Waals surface area contributed by atoms with E-state index in [0.29, 0.717) is 22.9 Å². The lowest BCUT2D eigenvalue weighted by Crippen LogP contribution is -2.06. The molecule has 4 heteroatoms. The van der Waals surface area contributed by atoms with Crippen molar-refractivity contribution in [2.24, 2.45) is 0 Å². The molecule has 0 aliphatic heterocycles. The zero-order chi connectivity index (χ0) is 15.4. The van der Waals surface area contributed by atoms with Gasteiger partial charge in [0, 0.05) is 17.0 Å². The maximum atomic E-state index is 10.5. The second-order valence-corrected chi connectivity index (χ2v) is 5.36. The quantitative estimate of drug-likeness (QED) is 0.909. The number of rotatable bonds is 5. The fourth-order valence-corrected chi connectivity index (χ4v) is 2.53. The van der Waals surface area contributed by atoms with Gasteiger partial charge in [-0.15, -0.1) is 0 Å². The average molecular weight is 307 g/mol. The number of methoxy groups -OCH3 is 2. The van der Waals surface area contributed by atoms with Crippen molar-refractivity contribution in [1.29, 1.82) is 0 Å². The highest BCUT2D eigenvalue weighted by Gasteiger charge is 2.16. The normalized spacial score (nSPS) is 12.0. The van der Waals surface area contributed by atoms with Gasteiger partial charge in [0.25, 0.3) is 0 Å². The lowest BCUT2D eigenvalue weighted by atomic mass is 9.98. The van der Waals surface area contributed by atoms with Crippen LogP contribution in [0.5, 0.6) is 11.5 Å². The largest absolute Gasteiger partial charge is 0.496 e. The molecule has 21 heavy (non-hydrogen) atoms. The van der Waals surface area contributed by atoms with E-state index in [0.717, 1.165) is 16.7 Å². The minimum absolute atomic E-state index is 0.406. The number of hydrogen-bond acceptors (Lipinski definition) is 3. The second kappa shape index (κ2) is 6.83. The summed E-state index contributed by atoms with van der Waals surface area (Å²) in [6, 6.07) is 11.1. The molecule has 1 atom stereocenters. The van der Waals surface area contributed by atoms with E-state index in [4.69, 9.17) is 21.1 Å². The topological polar surface area (TPSA) is 38.7 Å². The Balaban J connectivity index is 2.31. The molecule has 0 aliphatic rings. The molecule has 0 spiro atoms. The molecule has 0 radical (unpaired) electrons. The molecule has 2 aromatic rings. The lowest BCUT2D eigenvalue weighted by Gasteiger charge is -2.17. The van der Waals surface area contributed by atoms with Crippen LogP contribution in [0.2, 0.25) is 5.02 Å². The van der Waals surface area contributed by atoms with E-state index in [1.54, 1.807) is 26.4 Å². The number of benzene rings is 2. The molecule has 3 nitrogen and oxygen atoms in total. The number of aliphatic hydroxyl groups is 1. The molecule has 0 aliphatic carbocycles. The van der Waals surface area contributed by atoms with E-state index in [-0.39, 0.29) is 0 Å². The minimum atomic E-state index is -0.688. The first-order valence-corrected chi connectivity index (χ1v) is 7.08. The molecule has 0 saturated heterocycles. The van der Waals surface area contributed by atoms with Crippen molar-refractivity contribution >= 4 is 11.6 Å². The van der Waals surface area contributed by atoms with Crippen molar-refractivity contribution in [3.63, 3.8) is 0 Å². The van der Waals surface area contributed by atoms with E-state index in [1.165, 1.54) is 0 Å². The van der Waals surface area contributed by atoms with E-state index < -0.39 is 6.10 Å². The van der Waals surface area contributed by atoms with Crippen molar-refractivity contribution in [2.75, 3.05) is 14.2 Å². The van der Waals surface area contributed by atoms with Gasteiger partial charge in [-0.1, -0.05) is 23.2 Å². The van der Waals surface area contributed by atoms with Gasteiger partial charge in [0.2, 0.25) is 0 Å². The molecule has 1 N–H and O–H groups in total. The number of aryl methyl sites for hydroxylation is 1. The van der Waals surface area contributed by atoms with E-state index in [9.17, 15) is 5.11 Å². The van der Waals surface area contributed by atoms with Crippen molar-refractivity contribution in [3.05, 3.63) is 58.1 Å². The number of aliphatic hydroxyl groups excluding tert-OH is 1. The first-order valence-electron chi connectivity index (χ1n) is 6.70. The standard InChI is InChI=1S/C17H19ClO3/c1-11-4-6-17(21-3)14(8-11)15(19)10-12-9-13(18)5-7-16(12)20-2/h4-9,15,19H,10H2,1-3H3. The molecule has 0 bridgehead atoms. The van der Waals surface area contributed by atoms with Gasteiger partial charge in [0.15, 0.2) is 0 Å². The SMILES string of the molecule is COc1ccc(Cl)cc1CC(O)c1cc(C)ccc1OC. The van der Waals surface area contributed by atoms with Gasteiger partial charge in [-0.2, -0.15) is 0 Å². The molecule has 0 heterocycles. The molecule has 0 aromatic heterocycles. The molecule has 0 saturated carbocycles. The van der Waals surface area contributed by atoms with Gasteiger partial charge in [0.1, 0.15) is 11.5 Å². The zero-order valence-electron chi connectivity index (χ0n) is 12.4. The summed E-state index contributed by atoms with van der Waals surface area (Å²) >= 11 is 6.03. The number of halogens is 1. The monoisotopic (exact) mass is 306 g/mol. The molecule has 112 valence electrons. The predicted octanol–water partition coefficient (Wildman–Crippen LogP) is 3.94. The minimum Gasteiger partial charge on any atom is -0.496 e. The van der Waals surface area contributed by atoms with Gasteiger partial charge in [-0.3, -0.25) is 0 Å². The summed E-state index contributed by atoms with van der Waals surface area (Å²) in [6.45, 7) is 1.98. The summed E-state index contributed by atoms with van der Waals surface area (Å²) in [7, 11) is 3.20. The summed E-state index contributed by atoms with van der Waals surface area (Å²) in [6.07, 6.45) is -0.281. The van der Waals surface area contributed by atoms with Crippen LogP contribution in [0.4, 0.5) is 0 Å². The molecular formula is C17H19ClO3. The van der Waals surface area contributed by atoms with Crippen molar-refractivity contribution in [3.8, 4) is 11.5 Å². The van der Waals surface area contributed by atoms with Crippen LogP contribution in [0, 0.1) is 6.92 Å². The van der Waals surface area contributed by atoms with E-state index >= 15 is 0 Å². The third kappa shape index (κ3) is 3.69. The predicted molar refractivity (Wildman–Crippen MR) is 84.4 cm³/mol. The first kappa shape index (κ1) is 15.7. The number of ether oxygens (including phenoxy) is 2. The van der Waals surface area contributed by atoms with Gasteiger partial charge < -0.3 is 14.6 Å². The highest BCUT2D eigenvalue weighted by atomic mass is 35.5. The summed E-state index contributed by atoms with van der Waals surface area (Å²) in [5.41, 5.74) is 2.70. The summed E-state index contributed by atoms with van der Waals surface area (Å²) in [5, 5.41) is 11.2. The van der Waals surface area contributed by atoms with Crippen LogP contribution < -0.4 is 9.47 Å². The van der Waals surface area contributed by atoms with Crippen LogP contribution >= 0.6 is 11.6 Å². The zero-order valence-corrected chi connectivity index (χ0v) is 13.1. The van der Waals surface area contributed by atoms with Gasteiger partial charge >= 0.3 is 0 Å². The molecule has 1 unspecified atom stereocenters. The first-order chi connectivity index (χ1) is 10.0. The van der Waals surface area contributed by atoms with E-state index in [2.05, 4.69) is 0 Å². The summed E-state index contributed by atoms with van der Waals surface area (Å²) in [4.78, 5) is 0. The van der Waals surface area contributed by atoms with Crippen molar-refractivity contribution in [2.45, 2.75) is 19.4 Å². The van der Waals surface area contributed by atoms with Crippen LogP contribution in [0.25, 0.3) is 0 Å². The highest BCUT2D eigenvalue weighted by Crippen LogP contribution is 2.32. The molecule has 0 fully saturated rings. The molecule has 0 amide bonds. The Kier molecular flexibility index (Phi) is 5.10. The molecule has 2 rings (SSSR count). The Morgan fingerprint density at radius 3 is 2.38 bits per heavy atom. The Morgan fingerprint density at radius 2 is 1.71 bits per heavy atom. The number of hydrogen-bond donors (Lipinski definition) is 1. The Bertz CT molecular complexity index is 625. The third-order valence-corrected chi connectivity index (χ3v) is 3.64. The third-order valence-electron chi connectivity index (χ3n) is 3.40.